The molecule has 1 aromatic heterocycles. The number of carboxylic acids is 1. The van der Waals surface area contributed by atoms with Gasteiger partial charge in [0.2, 0.25) is 0 Å². The predicted octanol–water partition coefficient (Wildman–Crippen LogP) is 4.77. The fraction of sp³-hybridized carbons (Fsp3) is 0.0833. The third kappa shape index (κ3) is 4.09. The first-order chi connectivity index (χ1) is 16.1. The molecule has 4 amide bonds. The number of carbonyl (C=O) groups is 4. The van der Waals surface area contributed by atoms with Crippen LogP contribution in [0.25, 0.3) is 11.8 Å². The van der Waals surface area contributed by atoms with E-state index in [-0.39, 0.29) is 21.8 Å². The molecule has 1 aliphatic heterocycles. The van der Waals surface area contributed by atoms with Gasteiger partial charge in [-0.2, -0.15) is 0 Å². The second-order valence-electron chi connectivity index (χ2n) is 7.57. The molecule has 8 nitrogen and oxygen atoms in total. The Morgan fingerprint density at radius 2 is 1.74 bits per heavy atom. The number of hydrogen-bond acceptors (Lipinski definition) is 4. The number of nitrogens with one attached hydrogen (secondary N) is 1. The van der Waals surface area contributed by atoms with E-state index in [2.05, 4.69) is 5.32 Å². The van der Waals surface area contributed by atoms with Crippen molar-refractivity contribution in [1.29, 1.82) is 0 Å². The van der Waals surface area contributed by atoms with Crippen LogP contribution in [-0.4, -0.2) is 33.5 Å². The minimum absolute atomic E-state index is 0.0227. The Hall–Kier alpha value is -3.88. The SMILES string of the molecule is Cc1cc(/C=C2\C(=O)NC(=O)N(c3cccc(Cl)c3)C2=O)c(C)n1-c1ccc(C(=O)O)c(Cl)c1. The molecule has 0 saturated carbocycles. The number of aromatic nitrogens is 1. The molecule has 0 bridgehead atoms. The van der Waals surface area contributed by atoms with Gasteiger partial charge >= 0.3 is 12.0 Å². The van der Waals surface area contributed by atoms with Crippen LogP contribution in [0.5, 0.6) is 0 Å². The molecule has 0 spiro atoms. The summed E-state index contributed by atoms with van der Waals surface area (Å²) in [5.74, 6) is -2.73. The maximum Gasteiger partial charge on any atom is 0.337 e. The molecule has 0 unspecified atom stereocenters. The molecule has 0 atom stereocenters. The minimum atomic E-state index is -1.14. The summed E-state index contributed by atoms with van der Waals surface area (Å²) in [6.45, 7) is 3.60. The largest absolute Gasteiger partial charge is 0.478 e. The molecular weight excluding hydrogens is 481 g/mol. The maximum atomic E-state index is 13.1. The number of carbonyl (C=O) groups excluding carboxylic acids is 3. The topological polar surface area (TPSA) is 109 Å². The summed E-state index contributed by atoms with van der Waals surface area (Å²) >= 11 is 12.1. The summed E-state index contributed by atoms with van der Waals surface area (Å²) in [5, 5.41) is 11.8. The minimum Gasteiger partial charge on any atom is -0.478 e. The van der Waals surface area contributed by atoms with Crippen molar-refractivity contribution in [2.75, 3.05) is 4.90 Å². The molecule has 1 aliphatic rings. The normalized spacial score (nSPS) is 15.1. The molecule has 34 heavy (non-hydrogen) atoms. The number of carboxylic acid groups (broad SMARTS) is 1. The van der Waals surface area contributed by atoms with Gasteiger partial charge in [0.05, 0.1) is 16.3 Å². The fourth-order valence-electron chi connectivity index (χ4n) is 3.81. The van der Waals surface area contributed by atoms with E-state index >= 15 is 0 Å². The molecule has 172 valence electrons. The number of aromatic carboxylic acids is 1. The van der Waals surface area contributed by atoms with E-state index in [9.17, 15) is 24.3 Å². The van der Waals surface area contributed by atoms with Crippen LogP contribution in [0.15, 0.2) is 54.1 Å². The number of amides is 4. The van der Waals surface area contributed by atoms with Crippen LogP contribution in [0.4, 0.5) is 10.5 Å². The number of anilines is 1. The Morgan fingerprint density at radius 1 is 1.00 bits per heavy atom. The van der Waals surface area contributed by atoms with Crippen molar-refractivity contribution in [2.24, 2.45) is 0 Å². The zero-order valence-corrected chi connectivity index (χ0v) is 19.4. The van der Waals surface area contributed by atoms with Crippen LogP contribution in [0.2, 0.25) is 10.0 Å². The van der Waals surface area contributed by atoms with E-state index in [1.54, 1.807) is 31.2 Å². The third-order valence-corrected chi connectivity index (χ3v) is 5.93. The van der Waals surface area contributed by atoms with E-state index in [0.717, 1.165) is 10.6 Å². The van der Waals surface area contributed by atoms with Crippen molar-refractivity contribution in [3.8, 4) is 5.69 Å². The quantitative estimate of drug-likeness (QED) is 0.398. The average molecular weight is 498 g/mol. The molecule has 4 rings (SSSR count). The van der Waals surface area contributed by atoms with Gasteiger partial charge in [-0.25, -0.2) is 14.5 Å². The Kier molecular flexibility index (Phi) is 6.03. The predicted molar refractivity (Wildman–Crippen MR) is 128 cm³/mol. The zero-order chi connectivity index (χ0) is 24.7. The van der Waals surface area contributed by atoms with Gasteiger partial charge in [-0.1, -0.05) is 29.3 Å². The first-order valence-corrected chi connectivity index (χ1v) is 10.7. The van der Waals surface area contributed by atoms with Gasteiger partial charge in [0.1, 0.15) is 5.57 Å². The Labute approximate surface area is 204 Å². The van der Waals surface area contributed by atoms with E-state index in [0.29, 0.717) is 22.0 Å². The summed E-state index contributed by atoms with van der Waals surface area (Å²) in [6.07, 6.45) is 1.41. The second-order valence-corrected chi connectivity index (χ2v) is 8.41. The van der Waals surface area contributed by atoms with Crippen LogP contribution in [-0.2, 0) is 9.59 Å². The summed E-state index contributed by atoms with van der Waals surface area (Å²) < 4.78 is 1.81. The summed E-state index contributed by atoms with van der Waals surface area (Å²) in [7, 11) is 0. The first kappa shape index (κ1) is 23.3. The molecule has 2 N–H and O–H groups in total. The average Bonchev–Trinajstić information content (AvgIpc) is 3.03. The highest BCUT2D eigenvalue weighted by Gasteiger charge is 2.37. The van der Waals surface area contributed by atoms with Crippen molar-refractivity contribution >= 4 is 58.8 Å². The molecule has 0 radical (unpaired) electrons. The van der Waals surface area contributed by atoms with Crippen molar-refractivity contribution < 1.29 is 24.3 Å². The Bertz CT molecular complexity index is 1420. The van der Waals surface area contributed by atoms with E-state index in [1.807, 2.05) is 11.5 Å². The van der Waals surface area contributed by atoms with Gasteiger partial charge in [-0.05, 0) is 68.0 Å². The fourth-order valence-corrected chi connectivity index (χ4v) is 4.25. The standard InChI is InChI=1S/C24H17Cl2N3O5/c1-12-8-14(13(2)28(12)17-6-7-18(23(32)33)20(26)11-17)9-19-21(30)27-24(34)29(22(19)31)16-5-3-4-15(25)10-16/h3-11H,1-2H3,(H,32,33)(H,27,30,34)/b19-9+. The number of rotatable bonds is 4. The molecule has 1 saturated heterocycles. The van der Waals surface area contributed by atoms with Crippen molar-refractivity contribution in [2.45, 2.75) is 13.8 Å². The molecule has 3 aromatic rings. The first-order valence-electron chi connectivity index (χ1n) is 9.97. The lowest BCUT2D eigenvalue weighted by Crippen LogP contribution is -2.54. The van der Waals surface area contributed by atoms with Gasteiger partial charge in [-0.3, -0.25) is 14.9 Å². The number of barbiturate groups is 1. The number of aryl methyl sites for hydroxylation is 1. The Morgan fingerprint density at radius 3 is 2.38 bits per heavy atom. The van der Waals surface area contributed by atoms with E-state index < -0.39 is 23.8 Å². The van der Waals surface area contributed by atoms with Gasteiger partial charge in [0.15, 0.2) is 0 Å². The highest BCUT2D eigenvalue weighted by molar-refractivity contribution is 6.39. The van der Waals surface area contributed by atoms with Gasteiger partial charge in [-0.15, -0.1) is 0 Å². The smallest absolute Gasteiger partial charge is 0.337 e. The summed E-state index contributed by atoms with van der Waals surface area (Å²) in [6, 6.07) is 11.6. The molecule has 2 aromatic carbocycles. The molecular formula is C24H17Cl2N3O5. The lowest BCUT2D eigenvalue weighted by Gasteiger charge is -2.26. The maximum absolute atomic E-state index is 13.1. The van der Waals surface area contributed by atoms with Crippen LogP contribution >= 0.6 is 23.2 Å². The van der Waals surface area contributed by atoms with Crippen molar-refractivity contribution in [3.05, 3.63) is 86.7 Å². The number of halogens is 2. The summed E-state index contributed by atoms with van der Waals surface area (Å²) in [5.41, 5.74) is 2.60. The van der Waals surface area contributed by atoms with Gasteiger partial charge in [0, 0.05) is 22.1 Å². The second kappa shape index (κ2) is 8.81. The van der Waals surface area contributed by atoms with Crippen molar-refractivity contribution in [3.63, 3.8) is 0 Å². The number of urea groups is 1. The molecule has 0 aliphatic carbocycles. The molecule has 1 fully saturated rings. The van der Waals surface area contributed by atoms with Crippen LogP contribution < -0.4 is 10.2 Å². The van der Waals surface area contributed by atoms with Gasteiger partial charge in [0.25, 0.3) is 11.8 Å². The van der Waals surface area contributed by atoms with Crippen LogP contribution in [0, 0.1) is 13.8 Å². The lowest BCUT2D eigenvalue weighted by molar-refractivity contribution is -0.122. The van der Waals surface area contributed by atoms with Crippen LogP contribution in [0.1, 0.15) is 27.3 Å². The number of benzene rings is 2. The molecule has 2 heterocycles. The monoisotopic (exact) mass is 497 g/mol. The lowest BCUT2D eigenvalue weighted by atomic mass is 10.1. The number of hydrogen-bond donors (Lipinski definition) is 2. The van der Waals surface area contributed by atoms with Crippen LogP contribution in [0.3, 0.4) is 0 Å². The highest BCUT2D eigenvalue weighted by Crippen LogP contribution is 2.28. The number of nitrogens with zero attached hydrogens (tertiary/aromatic N) is 2. The highest BCUT2D eigenvalue weighted by atomic mass is 35.5. The number of imide groups is 2. The Balaban J connectivity index is 1.76. The van der Waals surface area contributed by atoms with Crippen molar-refractivity contribution in [1.82, 2.24) is 9.88 Å². The van der Waals surface area contributed by atoms with E-state index in [4.69, 9.17) is 23.2 Å². The van der Waals surface area contributed by atoms with E-state index in [1.165, 1.54) is 30.3 Å². The third-order valence-electron chi connectivity index (χ3n) is 5.38. The van der Waals surface area contributed by atoms with Gasteiger partial charge < -0.3 is 9.67 Å². The zero-order valence-electron chi connectivity index (χ0n) is 17.9. The summed E-state index contributed by atoms with van der Waals surface area (Å²) in [4.78, 5) is 50.2. The molecule has 10 heteroatoms.